The van der Waals surface area contributed by atoms with Crippen LogP contribution in [-0.4, -0.2) is 93.4 Å². The first-order valence-electron chi connectivity index (χ1n) is 6.94. The largest absolute Gasteiger partial charge is 0.394 e. The minimum atomic E-state index is -1.58. The quantitative estimate of drug-likeness (QED) is 0.263. The molecular formula is C12H26N2O6. The Morgan fingerprint density at radius 1 is 1.05 bits per heavy atom. The molecule has 8 nitrogen and oxygen atoms in total. The fraction of sp³-hybridized carbons (Fsp3) is 1.00. The molecule has 0 aliphatic carbocycles. The van der Waals surface area contributed by atoms with E-state index in [0.717, 1.165) is 0 Å². The van der Waals surface area contributed by atoms with E-state index in [1.807, 2.05) is 0 Å². The highest BCUT2D eigenvalue weighted by Gasteiger charge is 2.41. The lowest BCUT2D eigenvalue weighted by Crippen LogP contribution is -2.53. The van der Waals surface area contributed by atoms with Crippen LogP contribution in [0.4, 0.5) is 0 Å². The minimum absolute atomic E-state index is 0.102. The SMILES string of the molecule is C1CCNC1.OC[C@@H](O)[C@@H](O)[C@H](O)C1NC[C@@H](O)[C@@H]1O. The lowest BCUT2D eigenvalue weighted by Gasteiger charge is -2.28. The Morgan fingerprint density at radius 2 is 1.65 bits per heavy atom. The predicted octanol–water partition coefficient (Wildman–Crippen LogP) is -3.88. The number of aliphatic hydroxyl groups is 6. The second kappa shape index (κ2) is 8.85. The summed E-state index contributed by atoms with van der Waals surface area (Å²) in [5.41, 5.74) is 0. The molecule has 20 heavy (non-hydrogen) atoms. The maximum atomic E-state index is 9.55. The van der Waals surface area contributed by atoms with Crippen LogP contribution in [0.5, 0.6) is 0 Å². The molecule has 0 bridgehead atoms. The van der Waals surface area contributed by atoms with Crippen LogP contribution < -0.4 is 10.6 Å². The Bertz CT molecular complexity index is 259. The van der Waals surface area contributed by atoms with Crippen LogP contribution in [0.1, 0.15) is 12.8 Å². The summed E-state index contributed by atoms with van der Waals surface area (Å²) < 4.78 is 0. The van der Waals surface area contributed by atoms with Crippen molar-refractivity contribution in [3.05, 3.63) is 0 Å². The van der Waals surface area contributed by atoms with Crippen molar-refractivity contribution < 1.29 is 30.6 Å². The van der Waals surface area contributed by atoms with Crippen molar-refractivity contribution in [1.82, 2.24) is 10.6 Å². The van der Waals surface area contributed by atoms with Gasteiger partial charge in [-0.3, -0.25) is 0 Å². The molecule has 2 saturated heterocycles. The summed E-state index contributed by atoms with van der Waals surface area (Å²) in [6.45, 7) is 1.91. The third kappa shape index (κ3) is 4.90. The molecule has 6 atom stereocenters. The van der Waals surface area contributed by atoms with E-state index in [0.29, 0.717) is 0 Å². The summed E-state index contributed by atoms with van der Waals surface area (Å²) in [5.74, 6) is 0. The molecule has 8 heteroatoms. The van der Waals surface area contributed by atoms with Gasteiger partial charge in [0, 0.05) is 6.54 Å². The van der Waals surface area contributed by atoms with Crippen LogP contribution in [-0.2, 0) is 0 Å². The van der Waals surface area contributed by atoms with Gasteiger partial charge in [-0.25, -0.2) is 0 Å². The molecule has 0 spiro atoms. The monoisotopic (exact) mass is 294 g/mol. The molecule has 2 fully saturated rings. The number of hydrogen-bond donors (Lipinski definition) is 8. The van der Waals surface area contributed by atoms with Crippen molar-refractivity contribution in [3.63, 3.8) is 0 Å². The molecule has 0 radical (unpaired) electrons. The summed E-state index contributed by atoms with van der Waals surface area (Å²) >= 11 is 0. The van der Waals surface area contributed by atoms with E-state index in [1.165, 1.54) is 25.9 Å². The molecule has 0 aromatic rings. The maximum Gasteiger partial charge on any atom is 0.110 e. The third-order valence-electron chi connectivity index (χ3n) is 3.58. The van der Waals surface area contributed by atoms with Crippen molar-refractivity contribution in [3.8, 4) is 0 Å². The van der Waals surface area contributed by atoms with Crippen LogP contribution in [0, 0.1) is 0 Å². The molecule has 0 aromatic carbocycles. The molecule has 8 N–H and O–H groups in total. The van der Waals surface area contributed by atoms with Crippen LogP contribution in [0.25, 0.3) is 0 Å². The average molecular weight is 294 g/mol. The summed E-state index contributed by atoms with van der Waals surface area (Å²) in [4.78, 5) is 0. The van der Waals surface area contributed by atoms with Crippen LogP contribution in [0.3, 0.4) is 0 Å². The number of β-amino-alcohol motifs (C(OH)–C–C–N with tert-alkyl or cyclic N) is 1. The van der Waals surface area contributed by atoms with Crippen LogP contribution in [0.2, 0.25) is 0 Å². The van der Waals surface area contributed by atoms with Gasteiger partial charge < -0.3 is 41.3 Å². The second-order valence-electron chi connectivity index (χ2n) is 5.18. The van der Waals surface area contributed by atoms with E-state index in [4.69, 9.17) is 10.2 Å². The molecular weight excluding hydrogens is 268 g/mol. The Hall–Kier alpha value is -0.320. The van der Waals surface area contributed by atoms with E-state index < -0.39 is 43.2 Å². The van der Waals surface area contributed by atoms with Gasteiger partial charge in [0.25, 0.3) is 0 Å². The van der Waals surface area contributed by atoms with E-state index in [-0.39, 0.29) is 6.54 Å². The van der Waals surface area contributed by atoms with Gasteiger partial charge in [-0.2, -0.15) is 0 Å². The van der Waals surface area contributed by atoms with E-state index in [1.54, 1.807) is 0 Å². The zero-order chi connectivity index (χ0) is 15.1. The first-order valence-corrected chi connectivity index (χ1v) is 6.94. The zero-order valence-electron chi connectivity index (χ0n) is 11.4. The molecule has 0 aromatic heterocycles. The first kappa shape index (κ1) is 17.7. The highest BCUT2D eigenvalue weighted by atomic mass is 16.4. The van der Waals surface area contributed by atoms with Crippen molar-refractivity contribution in [2.24, 2.45) is 0 Å². The van der Waals surface area contributed by atoms with Crippen molar-refractivity contribution in [2.45, 2.75) is 49.4 Å². The molecule has 120 valence electrons. The second-order valence-corrected chi connectivity index (χ2v) is 5.18. The van der Waals surface area contributed by atoms with Crippen molar-refractivity contribution in [1.29, 1.82) is 0 Å². The zero-order valence-corrected chi connectivity index (χ0v) is 11.4. The normalized spacial score (nSPS) is 34.2. The van der Waals surface area contributed by atoms with Gasteiger partial charge >= 0.3 is 0 Å². The van der Waals surface area contributed by atoms with Gasteiger partial charge in [0.1, 0.15) is 18.3 Å². The van der Waals surface area contributed by atoms with Crippen molar-refractivity contribution >= 4 is 0 Å². The van der Waals surface area contributed by atoms with Crippen molar-refractivity contribution in [2.75, 3.05) is 26.2 Å². The molecule has 1 unspecified atom stereocenters. The highest BCUT2D eigenvalue weighted by molar-refractivity contribution is 4.98. The molecule has 2 rings (SSSR count). The number of rotatable bonds is 4. The fourth-order valence-corrected chi connectivity index (χ4v) is 2.23. The summed E-state index contributed by atoms with van der Waals surface area (Å²) in [6.07, 6.45) is -3.96. The topological polar surface area (TPSA) is 145 Å². The molecule has 2 aliphatic rings. The van der Waals surface area contributed by atoms with Gasteiger partial charge in [-0.1, -0.05) is 0 Å². The Labute approximate surface area is 118 Å². The summed E-state index contributed by atoms with van der Waals surface area (Å²) in [6, 6.07) is -0.920. The summed E-state index contributed by atoms with van der Waals surface area (Å²) in [7, 11) is 0. The van der Waals surface area contributed by atoms with E-state index >= 15 is 0 Å². The van der Waals surface area contributed by atoms with Gasteiger partial charge in [-0.15, -0.1) is 0 Å². The number of aliphatic hydroxyl groups excluding tert-OH is 6. The lowest BCUT2D eigenvalue weighted by molar-refractivity contribution is -0.1000. The fourth-order valence-electron chi connectivity index (χ4n) is 2.23. The minimum Gasteiger partial charge on any atom is -0.394 e. The Kier molecular flexibility index (Phi) is 7.85. The standard InChI is InChI=1S/C8H17NO6.C4H9N/c10-2-4(12)7(14)8(15)5-6(13)3(11)1-9-5;1-2-4-5-3-1/h3-15H,1-2H2;5H,1-4H2/t3-,4-,5?,6+,7-,8-;/m1./s1. The Morgan fingerprint density at radius 3 is 2.00 bits per heavy atom. The van der Waals surface area contributed by atoms with Gasteiger partial charge in [0.15, 0.2) is 0 Å². The van der Waals surface area contributed by atoms with E-state index in [9.17, 15) is 20.4 Å². The van der Waals surface area contributed by atoms with Gasteiger partial charge in [-0.05, 0) is 25.9 Å². The molecule has 0 saturated carbocycles. The number of nitrogens with one attached hydrogen (secondary N) is 2. The van der Waals surface area contributed by atoms with Gasteiger partial charge in [0.05, 0.1) is 24.9 Å². The maximum absolute atomic E-state index is 9.55. The first-order chi connectivity index (χ1) is 9.49. The van der Waals surface area contributed by atoms with Crippen LogP contribution >= 0.6 is 0 Å². The smallest absolute Gasteiger partial charge is 0.110 e. The predicted molar refractivity (Wildman–Crippen MR) is 71.0 cm³/mol. The molecule has 2 heterocycles. The lowest BCUT2D eigenvalue weighted by atomic mass is 9.97. The molecule has 2 aliphatic heterocycles. The summed E-state index contributed by atoms with van der Waals surface area (Å²) in [5, 5.41) is 61.0. The van der Waals surface area contributed by atoms with E-state index in [2.05, 4.69) is 10.6 Å². The number of hydrogen-bond acceptors (Lipinski definition) is 8. The average Bonchev–Trinajstić information content (AvgIpc) is 3.12. The third-order valence-corrected chi connectivity index (χ3v) is 3.58. The Balaban J connectivity index is 0.000000333. The highest BCUT2D eigenvalue weighted by Crippen LogP contribution is 2.15. The molecule has 0 amide bonds. The van der Waals surface area contributed by atoms with Crippen LogP contribution in [0.15, 0.2) is 0 Å². The van der Waals surface area contributed by atoms with Gasteiger partial charge in [0.2, 0.25) is 0 Å².